The molecule has 1 heterocycles. The maximum absolute atomic E-state index is 13.1. The quantitative estimate of drug-likeness (QED) is 0.791. The number of ketones is 1. The van der Waals surface area contributed by atoms with E-state index in [1.807, 2.05) is 0 Å². The van der Waals surface area contributed by atoms with Gasteiger partial charge in [-0.3, -0.25) is 4.79 Å². The Morgan fingerprint density at radius 1 is 0.850 bits per heavy atom. The number of fused-ring (bicyclic) bond motifs is 1. The summed E-state index contributed by atoms with van der Waals surface area (Å²) < 4.78 is 37.0. The van der Waals surface area contributed by atoms with Crippen molar-refractivity contribution in [3.05, 3.63) is 59.2 Å². The van der Waals surface area contributed by atoms with E-state index in [1.54, 1.807) is 12.1 Å². The lowest BCUT2D eigenvalue weighted by Gasteiger charge is -2.18. The van der Waals surface area contributed by atoms with Crippen molar-refractivity contribution in [2.45, 2.75) is 0 Å². The van der Waals surface area contributed by atoms with E-state index in [2.05, 4.69) is 0 Å². The molecule has 20 heavy (non-hydrogen) atoms. The van der Waals surface area contributed by atoms with Crippen molar-refractivity contribution in [3.63, 3.8) is 0 Å². The van der Waals surface area contributed by atoms with Gasteiger partial charge in [-0.2, -0.15) is 0 Å². The van der Waals surface area contributed by atoms with E-state index < -0.39 is 17.4 Å². The van der Waals surface area contributed by atoms with Gasteiger partial charge < -0.3 is 9.47 Å². The molecule has 0 unspecified atom stereocenters. The third-order valence-corrected chi connectivity index (χ3v) is 2.93. The van der Waals surface area contributed by atoms with E-state index in [0.29, 0.717) is 30.3 Å². The smallest absolute Gasteiger partial charge is 0.193 e. The molecule has 102 valence electrons. The summed E-state index contributed by atoms with van der Waals surface area (Å²) in [7, 11) is 0. The van der Waals surface area contributed by atoms with Gasteiger partial charge in [0.1, 0.15) is 24.8 Å². The Morgan fingerprint density at radius 2 is 1.50 bits per heavy atom. The van der Waals surface area contributed by atoms with Gasteiger partial charge >= 0.3 is 0 Å². The van der Waals surface area contributed by atoms with Gasteiger partial charge in [0.15, 0.2) is 17.3 Å². The standard InChI is InChI=1S/C15H10F2O3/c16-11-5-10(6-12(17)8-11)15(18)9-1-2-13-14(7-9)20-4-3-19-13/h1-2,5-8H,3-4H2. The highest BCUT2D eigenvalue weighted by atomic mass is 19.1. The van der Waals surface area contributed by atoms with Gasteiger partial charge in [-0.05, 0) is 30.3 Å². The first-order valence-electron chi connectivity index (χ1n) is 6.04. The third-order valence-electron chi connectivity index (χ3n) is 2.93. The average molecular weight is 276 g/mol. The molecule has 0 N–H and O–H groups in total. The largest absolute Gasteiger partial charge is 0.486 e. The summed E-state index contributed by atoms with van der Waals surface area (Å²) in [5.74, 6) is -1.03. The lowest BCUT2D eigenvalue weighted by atomic mass is 10.0. The molecule has 5 heteroatoms. The summed E-state index contributed by atoms with van der Waals surface area (Å²) in [6, 6.07) is 7.39. The Kier molecular flexibility index (Phi) is 3.10. The van der Waals surface area contributed by atoms with Gasteiger partial charge in [0.2, 0.25) is 0 Å². The van der Waals surface area contributed by atoms with Crippen LogP contribution >= 0.6 is 0 Å². The second-order valence-corrected chi connectivity index (χ2v) is 4.35. The SMILES string of the molecule is O=C(c1cc(F)cc(F)c1)c1ccc2c(c1)OCCO2. The summed E-state index contributed by atoms with van der Waals surface area (Å²) in [6.07, 6.45) is 0. The lowest BCUT2D eigenvalue weighted by molar-refractivity contribution is 0.103. The predicted molar refractivity (Wildman–Crippen MR) is 67.2 cm³/mol. The summed E-state index contributed by atoms with van der Waals surface area (Å²) in [6.45, 7) is 0.856. The fourth-order valence-electron chi connectivity index (χ4n) is 2.04. The number of halogens is 2. The van der Waals surface area contributed by atoms with Gasteiger partial charge in [-0.1, -0.05) is 0 Å². The summed E-state index contributed by atoms with van der Waals surface area (Å²) in [5, 5.41) is 0. The molecule has 0 fully saturated rings. The molecule has 0 atom stereocenters. The zero-order valence-corrected chi connectivity index (χ0v) is 10.4. The highest BCUT2D eigenvalue weighted by Gasteiger charge is 2.17. The van der Waals surface area contributed by atoms with Crippen LogP contribution in [0.15, 0.2) is 36.4 Å². The first-order valence-corrected chi connectivity index (χ1v) is 6.04. The van der Waals surface area contributed by atoms with E-state index in [0.717, 1.165) is 18.2 Å². The number of hydrogen-bond donors (Lipinski definition) is 0. The predicted octanol–water partition coefficient (Wildman–Crippen LogP) is 2.97. The maximum Gasteiger partial charge on any atom is 0.193 e. The van der Waals surface area contributed by atoms with E-state index >= 15 is 0 Å². The van der Waals surface area contributed by atoms with E-state index in [-0.39, 0.29) is 5.56 Å². The van der Waals surface area contributed by atoms with Crippen LogP contribution in [0.2, 0.25) is 0 Å². The zero-order valence-electron chi connectivity index (χ0n) is 10.4. The normalized spacial score (nSPS) is 13.1. The molecular weight excluding hydrogens is 266 g/mol. The van der Waals surface area contributed by atoms with Gasteiger partial charge in [-0.15, -0.1) is 0 Å². The van der Waals surface area contributed by atoms with Crippen molar-refractivity contribution in [2.24, 2.45) is 0 Å². The van der Waals surface area contributed by atoms with Crippen molar-refractivity contribution in [1.29, 1.82) is 0 Å². The molecule has 2 aromatic rings. The van der Waals surface area contributed by atoms with Crippen molar-refractivity contribution < 1.29 is 23.0 Å². The fourth-order valence-corrected chi connectivity index (χ4v) is 2.04. The monoisotopic (exact) mass is 276 g/mol. The molecule has 0 saturated carbocycles. The van der Waals surface area contributed by atoms with Crippen molar-refractivity contribution in [1.82, 2.24) is 0 Å². The molecule has 0 bridgehead atoms. The number of ether oxygens (including phenoxy) is 2. The summed E-state index contributed by atoms with van der Waals surface area (Å²) in [4.78, 5) is 12.2. The Labute approximate surface area is 113 Å². The van der Waals surface area contributed by atoms with Crippen molar-refractivity contribution in [3.8, 4) is 11.5 Å². The number of carbonyl (C=O) groups excluding carboxylic acids is 1. The Balaban J connectivity index is 1.97. The van der Waals surface area contributed by atoms with Crippen LogP contribution < -0.4 is 9.47 Å². The molecule has 0 aliphatic carbocycles. The molecule has 1 aliphatic heterocycles. The molecule has 3 rings (SSSR count). The van der Waals surface area contributed by atoms with Crippen molar-refractivity contribution in [2.75, 3.05) is 13.2 Å². The highest BCUT2D eigenvalue weighted by Crippen LogP contribution is 2.31. The minimum Gasteiger partial charge on any atom is -0.486 e. The number of benzene rings is 2. The van der Waals surface area contributed by atoms with Crippen molar-refractivity contribution >= 4 is 5.78 Å². The minimum atomic E-state index is -0.786. The van der Waals surface area contributed by atoms with Gasteiger partial charge in [-0.25, -0.2) is 8.78 Å². The summed E-state index contributed by atoms with van der Waals surface area (Å²) >= 11 is 0. The van der Waals surface area contributed by atoms with E-state index in [9.17, 15) is 13.6 Å². The van der Waals surface area contributed by atoms with Crippen LogP contribution in [0.1, 0.15) is 15.9 Å². The Bertz CT molecular complexity index is 663. The zero-order chi connectivity index (χ0) is 14.1. The second-order valence-electron chi connectivity index (χ2n) is 4.35. The fraction of sp³-hybridized carbons (Fsp3) is 0.133. The molecule has 1 aliphatic rings. The Hall–Kier alpha value is -2.43. The van der Waals surface area contributed by atoms with Crippen LogP contribution in [0.25, 0.3) is 0 Å². The van der Waals surface area contributed by atoms with Gasteiger partial charge in [0.25, 0.3) is 0 Å². The minimum absolute atomic E-state index is 0.0424. The molecule has 0 radical (unpaired) electrons. The molecule has 3 nitrogen and oxygen atoms in total. The second kappa shape index (κ2) is 4.92. The van der Waals surface area contributed by atoms with Gasteiger partial charge in [0, 0.05) is 17.2 Å². The van der Waals surface area contributed by atoms with E-state index in [1.165, 1.54) is 6.07 Å². The molecular formula is C15H10F2O3. The highest BCUT2D eigenvalue weighted by molar-refractivity contribution is 6.09. The summed E-state index contributed by atoms with van der Waals surface area (Å²) in [5.41, 5.74) is 0.249. The molecule has 0 spiro atoms. The van der Waals surface area contributed by atoms with Crippen LogP contribution in [0.3, 0.4) is 0 Å². The number of hydrogen-bond acceptors (Lipinski definition) is 3. The molecule has 0 saturated heterocycles. The van der Waals surface area contributed by atoms with E-state index in [4.69, 9.17) is 9.47 Å². The number of carbonyl (C=O) groups is 1. The van der Waals surface area contributed by atoms with Crippen LogP contribution in [0.5, 0.6) is 11.5 Å². The van der Waals surface area contributed by atoms with Gasteiger partial charge in [0.05, 0.1) is 0 Å². The first kappa shape index (κ1) is 12.6. The maximum atomic E-state index is 13.1. The lowest BCUT2D eigenvalue weighted by Crippen LogP contribution is -2.16. The molecule has 2 aromatic carbocycles. The average Bonchev–Trinajstić information content (AvgIpc) is 2.45. The van der Waals surface area contributed by atoms with Crippen LogP contribution in [0, 0.1) is 11.6 Å². The molecule has 0 amide bonds. The number of rotatable bonds is 2. The first-order chi connectivity index (χ1) is 9.63. The Morgan fingerprint density at radius 3 is 2.20 bits per heavy atom. The van der Waals surface area contributed by atoms with Crippen LogP contribution in [-0.2, 0) is 0 Å². The van der Waals surface area contributed by atoms with Crippen LogP contribution in [-0.4, -0.2) is 19.0 Å². The third kappa shape index (κ3) is 2.34. The topological polar surface area (TPSA) is 35.5 Å². The van der Waals surface area contributed by atoms with Crippen LogP contribution in [0.4, 0.5) is 8.78 Å². The molecule has 0 aromatic heterocycles.